The van der Waals surface area contributed by atoms with Gasteiger partial charge in [-0.15, -0.1) is 0 Å². The third kappa shape index (κ3) is 9.19. The summed E-state index contributed by atoms with van der Waals surface area (Å²) in [6.07, 6.45) is 16.6. The Hall–Kier alpha value is -5.76. The fraction of sp³-hybridized carbons (Fsp3) is 0.333. The van der Waals surface area contributed by atoms with Crippen molar-refractivity contribution < 1.29 is 28.7 Å². The molecule has 0 radical (unpaired) electrons. The van der Waals surface area contributed by atoms with Crippen LogP contribution in [0.3, 0.4) is 0 Å². The molecule has 0 N–H and O–H groups in total. The maximum atomic E-state index is 12.5. The molecule has 0 saturated carbocycles. The van der Waals surface area contributed by atoms with Crippen LogP contribution in [0.1, 0.15) is 101 Å². The molecule has 6 rings (SSSR count). The van der Waals surface area contributed by atoms with Crippen LogP contribution in [0.5, 0.6) is 23.0 Å². The number of carbonyl (C=O) groups is 4. The summed E-state index contributed by atoms with van der Waals surface area (Å²) in [6, 6.07) is 23.5. The van der Waals surface area contributed by atoms with Crippen molar-refractivity contribution >= 4 is 35.0 Å². The van der Waals surface area contributed by atoms with E-state index in [9.17, 15) is 19.2 Å². The van der Waals surface area contributed by atoms with Crippen LogP contribution in [0.25, 0.3) is 11.1 Å². The normalized spacial score (nSPS) is 13.8. The Morgan fingerprint density at radius 3 is 1.02 bits per heavy atom. The number of unbranched alkanes of at least 4 members (excludes halogenated alkanes) is 4. The number of anilines is 2. The number of rotatable bonds is 19. The first-order valence-corrected chi connectivity index (χ1v) is 20.2. The van der Waals surface area contributed by atoms with Gasteiger partial charge in [-0.05, 0) is 133 Å². The lowest BCUT2D eigenvalue weighted by Crippen LogP contribution is -2.29. The van der Waals surface area contributed by atoms with Crippen LogP contribution in [-0.4, -0.2) is 23.6 Å². The number of benzene rings is 4. The lowest BCUT2D eigenvalue weighted by atomic mass is 9.90. The first-order valence-electron chi connectivity index (χ1n) is 20.2. The number of imide groups is 2. The highest BCUT2D eigenvalue weighted by atomic mass is 16.5. The van der Waals surface area contributed by atoms with E-state index in [1.54, 1.807) is 24.3 Å². The zero-order valence-electron chi connectivity index (χ0n) is 33.1. The minimum Gasteiger partial charge on any atom is -0.457 e. The molecule has 4 amide bonds. The number of hydrogen-bond donors (Lipinski definition) is 0. The van der Waals surface area contributed by atoms with E-state index >= 15 is 0 Å². The molecule has 0 aliphatic carbocycles. The summed E-state index contributed by atoms with van der Waals surface area (Å²) in [7, 11) is 0. The van der Waals surface area contributed by atoms with Gasteiger partial charge in [0.2, 0.25) is 0 Å². The van der Waals surface area contributed by atoms with Gasteiger partial charge in [-0.3, -0.25) is 19.2 Å². The average Bonchev–Trinajstić information content (AvgIpc) is 3.73. The predicted octanol–water partition coefficient (Wildman–Crippen LogP) is 11.2. The van der Waals surface area contributed by atoms with Crippen molar-refractivity contribution in [2.45, 2.75) is 105 Å². The van der Waals surface area contributed by atoms with Gasteiger partial charge in [-0.1, -0.05) is 65.5 Å². The molecule has 0 fully saturated rings. The fourth-order valence-electron chi connectivity index (χ4n) is 7.23. The Bertz CT molecular complexity index is 1920. The molecule has 0 unspecified atom stereocenters. The minimum atomic E-state index is -0.363. The van der Waals surface area contributed by atoms with E-state index in [2.05, 4.69) is 52.0 Å². The van der Waals surface area contributed by atoms with Gasteiger partial charge < -0.3 is 9.47 Å². The van der Waals surface area contributed by atoms with Crippen LogP contribution >= 0.6 is 0 Å². The van der Waals surface area contributed by atoms with Crippen LogP contribution in [0.2, 0.25) is 0 Å². The van der Waals surface area contributed by atoms with Gasteiger partial charge in [-0.25, -0.2) is 9.80 Å². The number of ether oxygens (including phenoxy) is 2. The quantitative estimate of drug-likeness (QED) is 0.0885. The molecule has 290 valence electrons. The first kappa shape index (κ1) is 39.9. The van der Waals surface area contributed by atoms with Crippen molar-refractivity contribution in [2.75, 3.05) is 9.80 Å². The van der Waals surface area contributed by atoms with Crippen molar-refractivity contribution in [1.29, 1.82) is 0 Å². The van der Waals surface area contributed by atoms with E-state index < -0.39 is 0 Å². The van der Waals surface area contributed by atoms with E-state index in [1.807, 2.05) is 24.3 Å². The van der Waals surface area contributed by atoms with E-state index in [0.717, 1.165) is 132 Å². The summed E-state index contributed by atoms with van der Waals surface area (Å²) in [5, 5.41) is 0. The molecule has 4 aromatic rings. The van der Waals surface area contributed by atoms with Gasteiger partial charge >= 0.3 is 0 Å². The highest BCUT2D eigenvalue weighted by Gasteiger charge is 2.27. The molecular weight excluding hydrogens is 701 g/mol. The summed E-state index contributed by atoms with van der Waals surface area (Å²) in [5.41, 5.74) is 7.71. The zero-order valence-corrected chi connectivity index (χ0v) is 33.1. The molecule has 0 bridgehead atoms. The van der Waals surface area contributed by atoms with Crippen molar-refractivity contribution in [3.8, 4) is 34.1 Å². The largest absolute Gasteiger partial charge is 0.457 e. The number of carbonyl (C=O) groups excluding carboxylic acids is 4. The van der Waals surface area contributed by atoms with E-state index in [0.29, 0.717) is 22.9 Å². The van der Waals surface area contributed by atoms with E-state index in [1.165, 1.54) is 24.3 Å². The molecule has 8 heteroatoms. The zero-order chi connectivity index (χ0) is 39.6. The summed E-state index contributed by atoms with van der Waals surface area (Å²) < 4.78 is 13.5. The average molecular weight is 753 g/mol. The Balaban J connectivity index is 1.42. The maximum Gasteiger partial charge on any atom is 0.258 e. The molecule has 2 heterocycles. The molecule has 56 heavy (non-hydrogen) atoms. The SMILES string of the molecule is CCCCc1cc(-c2cc(CCCC)c(Oc3cccc(N4C(=O)C=CC4=O)c3)c(CCCC)c2)cc(CCCC)c1Oc1cccc(N2C(=O)C=CC2=O)c1. The molecule has 4 aromatic carbocycles. The number of amides is 4. The monoisotopic (exact) mass is 752 g/mol. The van der Waals surface area contributed by atoms with Crippen molar-refractivity contribution in [3.63, 3.8) is 0 Å². The molecule has 0 saturated heterocycles. The summed E-state index contributed by atoms with van der Waals surface area (Å²) in [5.74, 6) is 1.37. The second-order valence-electron chi connectivity index (χ2n) is 14.6. The molecular formula is C48H52N2O6. The van der Waals surface area contributed by atoms with Crippen molar-refractivity contribution in [3.05, 3.63) is 119 Å². The fourth-order valence-corrected chi connectivity index (χ4v) is 7.23. The lowest BCUT2D eigenvalue weighted by molar-refractivity contribution is -0.121. The highest BCUT2D eigenvalue weighted by molar-refractivity contribution is 6.28. The Morgan fingerprint density at radius 1 is 0.429 bits per heavy atom. The molecule has 2 aliphatic rings. The smallest absolute Gasteiger partial charge is 0.258 e. The summed E-state index contributed by atoms with van der Waals surface area (Å²) in [6.45, 7) is 8.76. The van der Waals surface area contributed by atoms with Gasteiger partial charge in [0.05, 0.1) is 11.4 Å². The minimum absolute atomic E-state index is 0.363. The maximum absolute atomic E-state index is 12.5. The second kappa shape index (κ2) is 18.7. The summed E-state index contributed by atoms with van der Waals surface area (Å²) in [4.78, 5) is 52.2. The summed E-state index contributed by atoms with van der Waals surface area (Å²) >= 11 is 0. The number of hydrogen-bond acceptors (Lipinski definition) is 6. The number of aryl methyl sites for hydroxylation is 4. The molecule has 0 spiro atoms. The molecule has 8 nitrogen and oxygen atoms in total. The standard InChI is InChI=1S/C48H52N2O6/c1-5-9-15-33-27-37(28-34(16-10-6-2)47(33)55-41-21-13-19-39(31-41)49-43(51)23-24-44(49)52)38-29-35(17-11-7-3)48(36(30-38)18-12-8-4)56-42-22-14-20-40(32-42)50-45(53)25-26-46(50)54/h13-14,19-32H,5-12,15-18H2,1-4H3. The Kier molecular flexibility index (Phi) is 13.3. The Morgan fingerprint density at radius 2 is 0.732 bits per heavy atom. The van der Waals surface area contributed by atoms with Gasteiger partial charge in [0.1, 0.15) is 23.0 Å². The van der Waals surface area contributed by atoms with Crippen molar-refractivity contribution in [1.82, 2.24) is 0 Å². The van der Waals surface area contributed by atoms with Crippen LogP contribution in [0.15, 0.2) is 97.1 Å². The second-order valence-corrected chi connectivity index (χ2v) is 14.6. The van der Waals surface area contributed by atoms with Gasteiger partial charge in [0.15, 0.2) is 0 Å². The van der Waals surface area contributed by atoms with Crippen molar-refractivity contribution in [2.24, 2.45) is 0 Å². The first-order chi connectivity index (χ1) is 27.2. The number of nitrogens with zero attached hydrogens (tertiary/aromatic N) is 2. The Labute approximate surface area is 330 Å². The lowest BCUT2D eigenvalue weighted by Gasteiger charge is -2.22. The van der Waals surface area contributed by atoms with E-state index in [4.69, 9.17) is 9.47 Å². The van der Waals surface area contributed by atoms with Gasteiger partial charge in [-0.2, -0.15) is 0 Å². The molecule has 0 aromatic heterocycles. The van der Waals surface area contributed by atoms with E-state index in [-0.39, 0.29) is 23.6 Å². The molecule has 0 atom stereocenters. The molecule has 2 aliphatic heterocycles. The highest BCUT2D eigenvalue weighted by Crippen LogP contribution is 2.41. The van der Waals surface area contributed by atoms with Crippen LogP contribution in [0.4, 0.5) is 11.4 Å². The van der Waals surface area contributed by atoms with Crippen LogP contribution in [0, 0.1) is 0 Å². The third-order valence-corrected chi connectivity index (χ3v) is 10.2. The van der Waals surface area contributed by atoms with Gasteiger partial charge in [0, 0.05) is 36.4 Å². The van der Waals surface area contributed by atoms with Crippen LogP contribution < -0.4 is 19.3 Å². The van der Waals surface area contributed by atoms with Crippen LogP contribution in [-0.2, 0) is 44.9 Å². The topological polar surface area (TPSA) is 93.2 Å². The predicted molar refractivity (Wildman–Crippen MR) is 223 cm³/mol. The third-order valence-electron chi connectivity index (χ3n) is 10.2. The van der Waals surface area contributed by atoms with Gasteiger partial charge in [0.25, 0.3) is 23.6 Å².